The van der Waals surface area contributed by atoms with Gasteiger partial charge in [0.05, 0.1) is 12.5 Å². The van der Waals surface area contributed by atoms with Crippen molar-refractivity contribution < 1.29 is 4.74 Å². The third-order valence-electron chi connectivity index (χ3n) is 3.81. The summed E-state index contributed by atoms with van der Waals surface area (Å²) in [5.74, 6) is 2.56. The van der Waals surface area contributed by atoms with Crippen LogP contribution in [0, 0.1) is 6.92 Å². The standard InChI is InChI=1S/C19H16N2OS3/c1-12-20-18(24-10-13-5-3-6-14(9-13)22-2)17-15(11-25-19(17)21-12)16-7-4-8-23-16/h3-9,11H,10H2,1-2H3. The maximum Gasteiger partial charge on any atom is 0.128 e. The SMILES string of the molecule is COc1cccc(CSc2nc(C)nc3scc(-c4cccs4)c23)c1. The van der Waals surface area contributed by atoms with Crippen LogP contribution in [0.1, 0.15) is 11.4 Å². The molecule has 0 fully saturated rings. The molecular formula is C19H16N2OS3. The molecule has 0 bridgehead atoms. The summed E-state index contributed by atoms with van der Waals surface area (Å²) in [6.07, 6.45) is 0. The van der Waals surface area contributed by atoms with Gasteiger partial charge in [0, 0.05) is 21.6 Å². The summed E-state index contributed by atoms with van der Waals surface area (Å²) in [4.78, 5) is 11.7. The second-order valence-electron chi connectivity index (χ2n) is 5.52. The maximum absolute atomic E-state index is 5.32. The highest BCUT2D eigenvalue weighted by Crippen LogP contribution is 2.40. The fourth-order valence-electron chi connectivity index (χ4n) is 2.64. The lowest BCUT2D eigenvalue weighted by atomic mass is 10.2. The number of aromatic nitrogens is 2. The zero-order valence-corrected chi connectivity index (χ0v) is 16.3. The fourth-order valence-corrected chi connectivity index (χ4v) is 5.55. The first-order valence-corrected chi connectivity index (χ1v) is 10.5. The number of rotatable bonds is 5. The molecule has 0 saturated carbocycles. The maximum atomic E-state index is 5.32. The molecule has 3 heterocycles. The molecule has 4 aromatic rings. The summed E-state index contributed by atoms with van der Waals surface area (Å²) in [7, 11) is 1.70. The van der Waals surface area contributed by atoms with Gasteiger partial charge in [0.1, 0.15) is 21.4 Å². The molecule has 0 saturated heterocycles. The van der Waals surface area contributed by atoms with Crippen LogP contribution in [0.3, 0.4) is 0 Å². The minimum absolute atomic E-state index is 0.820. The smallest absolute Gasteiger partial charge is 0.128 e. The molecule has 0 N–H and O–H groups in total. The minimum atomic E-state index is 0.820. The van der Waals surface area contributed by atoms with E-state index in [0.29, 0.717) is 0 Å². The molecule has 0 aliphatic carbocycles. The molecule has 0 atom stereocenters. The number of ether oxygens (including phenoxy) is 1. The number of thioether (sulfide) groups is 1. The molecule has 4 rings (SSSR count). The van der Waals surface area contributed by atoms with Crippen molar-refractivity contribution >= 4 is 44.7 Å². The predicted molar refractivity (Wildman–Crippen MR) is 108 cm³/mol. The zero-order chi connectivity index (χ0) is 17.2. The Hall–Kier alpha value is -1.89. The molecule has 0 amide bonds. The fraction of sp³-hybridized carbons (Fsp3) is 0.158. The van der Waals surface area contributed by atoms with Crippen molar-refractivity contribution in [1.29, 1.82) is 0 Å². The summed E-state index contributed by atoms with van der Waals surface area (Å²) < 4.78 is 5.32. The van der Waals surface area contributed by atoms with Crippen LogP contribution in [0.2, 0.25) is 0 Å². The van der Waals surface area contributed by atoms with Gasteiger partial charge in [-0.25, -0.2) is 9.97 Å². The number of methoxy groups -OCH3 is 1. The second-order valence-corrected chi connectivity index (χ2v) is 8.29. The Morgan fingerprint density at radius 1 is 1.12 bits per heavy atom. The molecule has 1 aromatic carbocycles. The highest BCUT2D eigenvalue weighted by atomic mass is 32.2. The lowest BCUT2D eigenvalue weighted by Crippen LogP contribution is -1.92. The molecule has 126 valence electrons. The molecule has 25 heavy (non-hydrogen) atoms. The van der Waals surface area contributed by atoms with Crippen LogP contribution in [-0.2, 0) is 5.75 Å². The quantitative estimate of drug-likeness (QED) is 0.311. The largest absolute Gasteiger partial charge is 0.497 e. The van der Waals surface area contributed by atoms with Crippen molar-refractivity contribution in [2.24, 2.45) is 0 Å². The average molecular weight is 385 g/mol. The molecule has 0 aliphatic rings. The molecule has 0 spiro atoms. The first-order valence-electron chi connectivity index (χ1n) is 7.80. The van der Waals surface area contributed by atoms with E-state index in [2.05, 4.69) is 40.0 Å². The number of fused-ring (bicyclic) bond motifs is 1. The van der Waals surface area contributed by atoms with Crippen molar-refractivity contribution in [2.45, 2.75) is 17.7 Å². The van der Waals surface area contributed by atoms with Crippen LogP contribution in [0.15, 0.2) is 52.2 Å². The molecule has 0 aliphatic heterocycles. The zero-order valence-electron chi connectivity index (χ0n) is 13.9. The number of hydrogen-bond acceptors (Lipinski definition) is 6. The molecule has 3 nitrogen and oxygen atoms in total. The minimum Gasteiger partial charge on any atom is -0.497 e. The van der Waals surface area contributed by atoms with E-state index in [9.17, 15) is 0 Å². The first kappa shape index (κ1) is 16.6. The van der Waals surface area contributed by atoms with Gasteiger partial charge >= 0.3 is 0 Å². The van der Waals surface area contributed by atoms with Gasteiger partial charge in [-0.1, -0.05) is 18.2 Å². The van der Waals surface area contributed by atoms with Crippen molar-refractivity contribution in [2.75, 3.05) is 7.11 Å². The summed E-state index contributed by atoms with van der Waals surface area (Å²) in [5.41, 5.74) is 2.46. The average Bonchev–Trinajstić information content (AvgIpc) is 3.29. The molecule has 0 unspecified atom stereocenters. The third-order valence-corrected chi connectivity index (χ3v) is 6.63. The highest BCUT2D eigenvalue weighted by Gasteiger charge is 2.15. The molecular weight excluding hydrogens is 368 g/mol. The summed E-state index contributed by atoms with van der Waals surface area (Å²) in [6.45, 7) is 1.96. The van der Waals surface area contributed by atoms with E-state index in [1.807, 2.05) is 19.1 Å². The van der Waals surface area contributed by atoms with Gasteiger partial charge in [-0.15, -0.1) is 34.4 Å². The van der Waals surface area contributed by atoms with E-state index < -0.39 is 0 Å². The van der Waals surface area contributed by atoms with Gasteiger partial charge < -0.3 is 4.74 Å². The van der Waals surface area contributed by atoms with Crippen molar-refractivity contribution in [1.82, 2.24) is 9.97 Å². The Morgan fingerprint density at radius 2 is 2.04 bits per heavy atom. The van der Waals surface area contributed by atoms with E-state index in [1.165, 1.54) is 21.4 Å². The van der Waals surface area contributed by atoms with Gasteiger partial charge in [-0.3, -0.25) is 0 Å². The van der Waals surface area contributed by atoms with E-state index in [-0.39, 0.29) is 0 Å². The van der Waals surface area contributed by atoms with Gasteiger partial charge in [0.15, 0.2) is 0 Å². The summed E-state index contributed by atoms with van der Waals surface area (Å²) in [5, 5.41) is 6.53. The Kier molecular flexibility index (Phi) is 4.74. The number of benzene rings is 1. The number of thiophene rings is 2. The van der Waals surface area contributed by atoms with Crippen molar-refractivity contribution in [3.8, 4) is 16.2 Å². The third kappa shape index (κ3) is 3.42. The number of nitrogens with zero attached hydrogens (tertiary/aromatic N) is 2. The van der Waals surface area contributed by atoms with E-state index in [1.54, 1.807) is 41.5 Å². The lowest BCUT2D eigenvalue weighted by Gasteiger charge is -2.07. The van der Waals surface area contributed by atoms with Crippen LogP contribution in [0.5, 0.6) is 5.75 Å². The van der Waals surface area contributed by atoms with Crippen LogP contribution in [-0.4, -0.2) is 17.1 Å². The molecule has 6 heteroatoms. The van der Waals surface area contributed by atoms with E-state index in [0.717, 1.165) is 27.2 Å². The Labute approximate surface area is 158 Å². The summed E-state index contributed by atoms with van der Waals surface area (Å²) >= 11 is 5.20. The number of hydrogen-bond donors (Lipinski definition) is 0. The van der Waals surface area contributed by atoms with E-state index in [4.69, 9.17) is 9.72 Å². The van der Waals surface area contributed by atoms with Crippen LogP contribution < -0.4 is 4.74 Å². The van der Waals surface area contributed by atoms with Gasteiger partial charge in [-0.2, -0.15) is 0 Å². The predicted octanol–water partition coefficient (Wildman–Crippen LogP) is 6.03. The number of aryl methyl sites for hydroxylation is 1. The first-order chi connectivity index (χ1) is 12.2. The molecule has 0 radical (unpaired) electrons. The van der Waals surface area contributed by atoms with Gasteiger partial charge in [-0.05, 0) is 36.1 Å². The van der Waals surface area contributed by atoms with Gasteiger partial charge in [0.2, 0.25) is 0 Å². The Balaban J connectivity index is 1.71. The Bertz CT molecular complexity index is 1010. The second kappa shape index (κ2) is 7.15. The van der Waals surface area contributed by atoms with Crippen LogP contribution in [0.4, 0.5) is 0 Å². The lowest BCUT2D eigenvalue weighted by molar-refractivity contribution is 0.414. The van der Waals surface area contributed by atoms with E-state index >= 15 is 0 Å². The monoisotopic (exact) mass is 384 g/mol. The van der Waals surface area contributed by atoms with Crippen LogP contribution in [0.25, 0.3) is 20.7 Å². The van der Waals surface area contributed by atoms with Crippen molar-refractivity contribution in [3.63, 3.8) is 0 Å². The molecule has 3 aromatic heterocycles. The van der Waals surface area contributed by atoms with Crippen molar-refractivity contribution in [3.05, 3.63) is 58.5 Å². The summed E-state index contributed by atoms with van der Waals surface area (Å²) in [6, 6.07) is 12.4. The van der Waals surface area contributed by atoms with Gasteiger partial charge in [0.25, 0.3) is 0 Å². The normalized spacial score (nSPS) is 11.1. The topological polar surface area (TPSA) is 35.0 Å². The highest BCUT2D eigenvalue weighted by molar-refractivity contribution is 7.98. The Morgan fingerprint density at radius 3 is 2.84 bits per heavy atom. The van der Waals surface area contributed by atoms with Crippen LogP contribution >= 0.6 is 34.4 Å².